The zero-order valence-corrected chi connectivity index (χ0v) is 12.1. The van der Waals surface area contributed by atoms with Gasteiger partial charge in [0, 0.05) is 10.9 Å². The molecule has 2 unspecified atom stereocenters. The number of nitrogens with two attached hydrogens (primary N) is 1. The minimum absolute atomic E-state index is 0.0198. The summed E-state index contributed by atoms with van der Waals surface area (Å²) in [6.07, 6.45) is 1.89. The maximum absolute atomic E-state index is 6.27. The van der Waals surface area contributed by atoms with E-state index in [0.717, 1.165) is 28.7 Å². The van der Waals surface area contributed by atoms with E-state index in [0.29, 0.717) is 0 Å². The second-order valence-corrected chi connectivity index (χ2v) is 6.54. The molecule has 2 aromatic rings. The van der Waals surface area contributed by atoms with E-state index in [9.17, 15) is 0 Å². The maximum Gasteiger partial charge on any atom is 0.0931 e. The summed E-state index contributed by atoms with van der Waals surface area (Å²) in [7, 11) is 0. The average molecular weight is 294 g/mol. The number of hydrogen-bond donors (Lipinski definition) is 1. The fraction of sp³-hybridized carbons (Fsp3) is 0.333. The lowest BCUT2D eigenvalue weighted by molar-refractivity contribution is 0.0322. The van der Waals surface area contributed by atoms with E-state index in [1.54, 1.807) is 11.3 Å². The fourth-order valence-electron chi connectivity index (χ4n) is 2.55. The number of fused-ring (bicyclic) bond motifs is 1. The van der Waals surface area contributed by atoms with Crippen LogP contribution in [0.4, 0.5) is 0 Å². The van der Waals surface area contributed by atoms with Gasteiger partial charge >= 0.3 is 0 Å². The highest BCUT2D eigenvalue weighted by Gasteiger charge is 2.23. The first-order chi connectivity index (χ1) is 9.24. The maximum atomic E-state index is 6.27. The van der Waals surface area contributed by atoms with Crippen LogP contribution in [0.5, 0.6) is 0 Å². The van der Waals surface area contributed by atoms with Gasteiger partial charge < -0.3 is 10.5 Å². The average Bonchev–Trinajstić information content (AvgIpc) is 2.86. The first-order valence-electron chi connectivity index (χ1n) is 6.44. The molecule has 0 amide bonds. The van der Waals surface area contributed by atoms with E-state index < -0.39 is 0 Å². The molecule has 0 spiro atoms. The molecule has 19 heavy (non-hydrogen) atoms. The van der Waals surface area contributed by atoms with Crippen molar-refractivity contribution < 1.29 is 4.74 Å². The highest BCUT2D eigenvalue weighted by Crippen LogP contribution is 2.35. The molecule has 1 aliphatic rings. The minimum atomic E-state index is -0.0198. The second-order valence-electron chi connectivity index (χ2n) is 4.79. The monoisotopic (exact) mass is 293 g/mol. The van der Waals surface area contributed by atoms with Crippen molar-refractivity contribution in [3.63, 3.8) is 0 Å². The van der Waals surface area contributed by atoms with Gasteiger partial charge in [-0.25, -0.2) is 0 Å². The molecule has 0 radical (unpaired) electrons. The molecule has 2 N–H and O–H groups in total. The normalized spacial score (nSPS) is 20.0. The SMILES string of the molecule is NC(CC1OCCc2ccccc21)c1ccc(Cl)s1. The summed E-state index contributed by atoms with van der Waals surface area (Å²) in [5, 5.41) is 0. The number of thiophene rings is 1. The van der Waals surface area contributed by atoms with Crippen molar-refractivity contribution in [3.05, 3.63) is 56.7 Å². The molecular formula is C15H16ClNOS. The number of rotatable bonds is 3. The van der Waals surface area contributed by atoms with Crippen LogP contribution in [-0.2, 0) is 11.2 Å². The lowest BCUT2D eigenvalue weighted by atomic mass is 9.93. The van der Waals surface area contributed by atoms with Gasteiger partial charge in [0.25, 0.3) is 0 Å². The van der Waals surface area contributed by atoms with E-state index in [4.69, 9.17) is 22.1 Å². The molecule has 0 fully saturated rings. The van der Waals surface area contributed by atoms with Gasteiger partial charge in [0.1, 0.15) is 0 Å². The van der Waals surface area contributed by atoms with Gasteiger partial charge in [-0.05, 0) is 36.1 Å². The Balaban J connectivity index is 1.77. The van der Waals surface area contributed by atoms with Crippen molar-refractivity contribution in [2.45, 2.75) is 25.0 Å². The van der Waals surface area contributed by atoms with Crippen LogP contribution in [0.1, 0.15) is 34.6 Å². The predicted molar refractivity (Wildman–Crippen MR) is 79.7 cm³/mol. The molecule has 1 aromatic carbocycles. The molecule has 0 aliphatic carbocycles. The zero-order valence-electron chi connectivity index (χ0n) is 10.5. The molecule has 2 heterocycles. The summed E-state index contributed by atoms with van der Waals surface area (Å²) < 4.78 is 6.68. The minimum Gasteiger partial charge on any atom is -0.373 e. The molecule has 0 saturated heterocycles. The summed E-state index contributed by atoms with van der Waals surface area (Å²) >= 11 is 7.51. The Kier molecular flexibility index (Phi) is 3.89. The predicted octanol–water partition coefficient (Wildman–Crippen LogP) is 4.11. The highest BCUT2D eigenvalue weighted by molar-refractivity contribution is 7.16. The van der Waals surface area contributed by atoms with Crippen LogP contribution in [0, 0.1) is 0 Å². The molecule has 2 atom stereocenters. The standard InChI is InChI=1S/C15H16ClNOS/c16-15-6-5-14(19-15)12(17)9-13-11-4-2-1-3-10(11)7-8-18-13/h1-6,12-13H,7-9,17H2. The van der Waals surface area contributed by atoms with Crippen LogP contribution in [0.15, 0.2) is 36.4 Å². The Bertz CT molecular complexity index is 569. The van der Waals surface area contributed by atoms with Gasteiger partial charge in [-0.1, -0.05) is 35.9 Å². The van der Waals surface area contributed by atoms with Crippen LogP contribution in [-0.4, -0.2) is 6.61 Å². The molecule has 0 bridgehead atoms. The lowest BCUT2D eigenvalue weighted by Gasteiger charge is -2.27. The Hall–Kier alpha value is -0.870. The van der Waals surface area contributed by atoms with E-state index in [-0.39, 0.29) is 12.1 Å². The summed E-state index contributed by atoms with van der Waals surface area (Å²) in [5.74, 6) is 0. The van der Waals surface area contributed by atoms with Crippen molar-refractivity contribution >= 4 is 22.9 Å². The lowest BCUT2D eigenvalue weighted by Crippen LogP contribution is -2.21. The molecule has 0 saturated carbocycles. The molecule has 1 aliphatic heterocycles. The summed E-state index contributed by atoms with van der Waals surface area (Å²) in [6, 6.07) is 12.4. The molecule has 100 valence electrons. The van der Waals surface area contributed by atoms with Gasteiger partial charge in [0.2, 0.25) is 0 Å². The van der Waals surface area contributed by atoms with Gasteiger partial charge in [-0.2, -0.15) is 0 Å². The van der Waals surface area contributed by atoms with Gasteiger partial charge in [0.15, 0.2) is 0 Å². The van der Waals surface area contributed by atoms with Gasteiger partial charge in [-0.15, -0.1) is 11.3 Å². The van der Waals surface area contributed by atoms with Crippen molar-refractivity contribution in [2.75, 3.05) is 6.61 Å². The van der Waals surface area contributed by atoms with E-state index in [2.05, 4.69) is 24.3 Å². The van der Waals surface area contributed by atoms with Gasteiger partial charge in [0.05, 0.1) is 17.0 Å². The van der Waals surface area contributed by atoms with Crippen LogP contribution in [0.3, 0.4) is 0 Å². The van der Waals surface area contributed by atoms with Crippen LogP contribution < -0.4 is 5.73 Å². The second kappa shape index (κ2) is 5.63. The first kappa shape index (κ1) is 13.1. The third kappa shape index (κ3) is 2.84. The summed E-state index contributed by atoms with van der Waals surface area (Å²) in [5.41, 5.74) is 8.94. The largest absolute Gasteiger partial charge is 0.373 e. The van der Waals surface area contributed by atoms with E-state index >= 15 is 0 Å². The van der Waals surface area contributed by atoms with Crippen molar-refractivity contribution in [3.8, 4) is 0 Å². The van der Waals surface area contributed by atoms with Crippen molar-refractivity contribution in [2.24, 2.45) is 5.73 Å². The Morgan fingerprint density at radius 2 is 2.16 bits per heavy atom. The van der Waals surface area contributed by atoms with Crippen molar-refractivity contribution in [1.82, 2.24) is 0 Å². The van der Waals surface area contributed by atoms with Gasteiger partial charge in [-0.3, -0.25) is 0 Å². The number of benzene rings is 1. The molecule has 1 aromatic heterocycles. The van der Waals surface area contributed by atoms with E-state index in [1.807, 2.05) is 12.1 Å². The smallest absolute Gasteiger partial charge is 0.0931 e. The summed E-state index contributed by atoms with van der Waals surface area (Å²) in [4.78, 5) is 1.12. The Morgan fingerprint density at radius 3 is 2.95 bits per heavy atom. The van der Waals surface area contributed by atoms with E-state index in [1.165, 1.54) is 11.1 Å². The molecule has 4 heteroatoms. The summed E-state index contributed by atoms with van der Waals surface area (Å²) in [6.45, 7) is 0.777. The van der Waals surface area contributed by atoms with Crippen LogP contribution in [0.2, 0.25) is 4.34 Å². The number of ether oxygens (including phenoxy) is 1. The molecular weight excluding hydrogens is 278 g/mol. The number of halogens is 1. The van der Waals surface area contributed by atoms with Crippen LogP contribution in [0.25, 0.3) is 0 Å². The third-order valence-corrected chi connectivity index (χ3v) is 4.88. The quantitative estimate of drug-likeness (QED) is 0.924. The fourth-order valence-corrected chi connectivity index (χ4v) is 3.62. The molecule has 2 nitrogen and oxygen atoms in total. The van der Waals surface area contributed by atoms with Crippen LogP contribution >= 0.6 is 22.9 Å². The third-order valence-electron chi connectivity index (χ3n) is 3.52. The Labute approximate surface area is 122 Å². The highest BCUT2D eigenvalue weighted by atomic mass is 35.5. The Morgan fingerprint density at radius 1 is 1.32 bits per heavy atom. The van der Waals surface area contributed by atoms with Crippen molar-refractivity contribution in [1.29, 1.82) is 0 Å². The topological polar surface area (TPSA) is 35.2 Å². The molecule has 3 rings (SSSR count). The number of hydrogen-bond acceptors (Lipinski definition) is 3. The first-order valence-corrected chi connectivity index (χ1v) is 7.63. The zero-order chi connectivity index (χ0) is 13.2.